The zero-order chi connectivity index (χ0) is 28.6. The Morgan fingerprint density at radius 1 is 1.15 bits per heavy atom. The van der Waals surface area contributed by atoms with E-state index in [1.165, 1.54) is 19.5 Å². The zero-order valence-electron chi connectivity index (χ0n) is 21.9. The summed E-state index contributed by atoms with van der Waals surface area (Å²) in [6.07, 6.45) is -2.57. The van der Waals surface area contributed by atoms with Gasteiger partial charge in [-0.3, -0.25) is 9.59 Å². The molecule has 2 saturated carbocycles. The Kier molecular flexibility index (Phi) is 7.67. The molecule has 0 saturated heterocycles. The number of aromatic amines is 1. The van der Waals surface area contributed by atoms with Crippen molar-refractivity contribution < 1.29 is 36.6 Å². The molecule has 9 nitrogen and oxygen atoms in total. The van der Waals surface area contributed by atoms with Gasteiger partial charge in [-0.2, -0.15) is 13.2 Å². The molecule has 40 heavy (non-hydrogen) atoms. The van der Waals surface area contributed by atoms with Gasteiger partial charge < -0.3 is 25.1 Å². The van der Waals surface area contributed by atoms with Crippen LogP contribution in [0.4, 0.5) is 17.6 Å². The molecule has 0 spiro atoms. The second kappa shape index (κ2) is 11.0. The average Bonchev–Trinajstić information content (AvgIpc) is 3.57. The van der Waals surface area contributed by atoms with Gasteiger partial charge in [-0.1, -0.05) is 0 Å². The molecule has 2 aliphatic rings. The topological polar surface area (TPSA) is 118 Å². The van der Waals surface area contributed by atoms with Crippen LogP contribution in [0.5, 0.6) is 5.75 Å². The van der Waals surface area contributed by atoms with Crippen molar-refractivity contribution in [3.05, 3.63) is 41.3 Å². The number of carbonyl (C=O) groups excluding carboxylic acids is 2. The third kappa shape index (κ3) is 5.88. The Hall–Kier alpha value is -3.74. The average molecular weight is 564 g/mol. The molecule has 2 aliphatic carbocycles. The van der Waals surface area contributed by atoms with Gasteiger partial charge in [0.1, 0.15) is 36.1 Å². The minimum atomic E-state index is -4.59. The first kappa shape index (κ1) is 27.8. The highest BCUT2D eigenvalue weighted by Gasteiger charge is 2.37. The number of amides is 2. The first-order valence-corrected chi connectivity index (χ1v) is 13.0. The van der Waals surface area contributed by atoms with Gasteiger partial charge in [0.05, 0.1) is 29.3 Å². The molecule has 2 fully saturated rings. The number of hydrogen-bond acceptors (Lipinski definition) is 6. The highest BCUT2D eigenvalue weighted by atomic mass is 19.4. The molecule has 0 aliphatic heterocycles. The third-order valence-corrected chi connectivity index (χ3v) is 7.17. The number of rotatable bonds is 9. The zero-order valence-corrected chi connectivity index (χ0v) is 21.9. The second-order valence-electron chi connectivity index (χ2n) is 10.3. The molecule has 2 heterocycles. The summed E-state index contributed by atoms with van der Waals surface area (Å²) in [6.45, 7) is 1.84. The number of alkyl halides is 4. The van der Waals surface area contributed by atoms with Gasteiger partial charge in [0.25, 0.3) is 5.91 Å². The molecule has 5 rings (SSSR count). The lowest BCUT2D eigenvalue weighted by molar-refractivity contribution is -0.137. The number of hydrogen-bond donors (Lipinski definition) is 3. The number of benzene rings is 1. The predicted molar refractivity (Wildman–Crippen MR) is 136 cm³/mol. The van der Waals surface area contributed by atoms with Gasteiger partial charge in [-0.15, -0.1) is 0 Å². The van der Waals surface area contributed by atoms with E-state index in [9.17, 15) is 27.2 Å². The van der Waals surface area contributed by atoms with Crippen molar-refractivity contribution in [2.24, 2.45) is 5.92 Å². The number of nitrogens with one attached hydrogen (secondary N) is 3. The Morgan fingerprint density at radius 2 is 1.93 bits per heavy atom. The van der Waals surface area contributed by atoms with Gasteiger partial charge in [0, 0.05) is 30.8 Å². The van der Waals surface area contributed by atoms with E-state index < -0.39 is 35.9 Å². The van der Waals surface area contributed by atoms with E-state index in [4.69, 9.17) is 9.47 Å². The van der Waals surface area contributed by atoms with Crippen LogP contribution in [0.2, 0.25) is 0 Å². The van der Waals surface area contributed by atoms with Gasteiger partial charge in [-0.05, 0) is 50.3 Å². The number of carbonyl (C=O) groups is 2. The van der Waals surface area contributed by atoms with Crippen LogP contribution in [-0.4, -0.2) is 65.3 Å². The van der Waals surface area contributed by atoms with E-state index in [-0.39, 0.29) is 59.0 Å². The van der Waals surface area contributed by atoms with Gasteiger partial charge in [-0.25, -0.2) is 14.4 Å². The monoisotopic (exact) mass is 563 g/mol. The molecular weight excluding hydrogens is 534 g/mol. The van der Waals surface area contributed by atoms with Gasteiger partial charge in [0.2, 0.25) is 5.91 Å². The van der Waals surface area contributed by atoms with E-state index in [2.05, 4.69) is 25.6 Å². The van der Waals surface area contributed by atoms with E-state index in [1.54, 1.807) is 6.92 Å². The number of nitrogens with zero attached hydrogens (tertiary/aromatic N) is 2. The summed E-state index contributed by atoms with van der Waals surface area (Å²) in [4.78, 5) is 36.6. The molecule has 2 aromatic heterocycles. The maximum Gasteiger partial charge on any atom is 0.416 e. The van der Waals surface area contributed by atoms with Crippen LogP contribution < -0.4 is 15.4 Å². The Balaban J connectivity index is 1.44. The van der Waals surface area contributed by atoms with Crippen molar-refractivity contribution in [1.29, 1.82) is 0 Å². The van der Waals surface area contributed by atoms with Crippen LogP contribution in [0, 0.1) is 12.8 Å². The van der Waals surface area contributed by atoms with Crippen molar-refractivity contribution in [3.63, 3.8) is 0 Å². The lowest BCUT2D eigenvalue weighted by Crippen LogP contribution is -2.40. The number of aromatic nitrogens is 3. The van der Waals surface area contributed by atoms with Crippen molar-refractivity contribution in [2.45, 2.75) is 57.0 Å². The third-order valence-electron chi connectivity index (χ3n) is 7.17. The van der Waals surface area contributed by atoms with Crippen LogP contribution in [0.25, 0.3) is 22.3 Å². The maximum atomic E-state index is 14.8. The van der Waals surface area contributed by atoms with Crippen molar-refractivity contribution in [3.8, 4) is 17.0 Å². The molecule has 13 heteroatoms. The van der Waals surface area contributed by atoms with Crippen molar-refractivity contribution in [2.75, 3.05) is 20.3 Å². The largest absolute Gasteiger partial charge is 0.493 e. The maximum absolute atomic E-state index is 14.8. The van der Waals surface area contributed by atoms with Crippen LogP contribution in [0.15, 0.2) is 24.5 Å². The smallest absolute Gasteiger partial charge is 0.416 e. The molecule has 0 bridgehead atoms. The summed E-state index contributed by atoms with van der Waals surface area (Å²) in [5.41, 5.74) is 0.360. The van der Waals surface area contributed by atoms with Crippen molar-refractivity contribution >= 4 is 22.8 Å². The fourth-order valence-electron chi connectivity index (χ4n) is 5.01. The molecule has 2 amide bonds. The second-order valence-corrected chi connectivity index (χ2v) is 10.3. The van der Waals surface area contributed by atoms with Gasteiger partial charge in [0.15, 0.2) is 0 Å². The molecule has 3 atom stereocenters. The number of aryl methyl sites for hydroxylation is 1. The van der Waals surface area contributed by atoms with Crippen molar-refractivity contribution in [1.82, 2.24) is 25.6 Å². The summed E-state index contributed by atoms with van der Waals surface area (Å²) in [5, 5.41) is 5.37. The van der Waals surface area contributed by atoms with E-state index in [1.807, 2.05) is 0 Å². The summed E-state index contributed by atoms with van der Waals surface area (Å²) in [7, 11) is 1.38. The first-order chi connectivity index (χ1) is 19.0. The molecular formula is C27H29F4N5O4. The number of fused-ring (bicyclic) bond motifs is 1. The van der Waals surface area contributed by atoms with Crippen LogP contribution in [-0.2, 0) is 15.7 Å². The van der Waals surface area contributed by atoms with E-state index >= 15 is 0 Å². The molecule has 3 aromatic rings. The normalized spacial score (nSPS) is 21.0. The summed E-state index contributed by atoms with van der Waals surface area (Å²) >= 11 is 0. The summed E-state index contributed by atoms with van der Waals surface area (Å²) in [6, 6.07) is 1.90. The van der Waals surface area contributed by atoms with E-state index in [0.717, 1.165) is 25.0 Å². The minimum Gasteiger partial charge on any atom is -0.493 e. The Labute approximate surface area is 227 Å². The summed E-state index contributed by atoms with van der Waals surface area (Å²) < 4.78 is 66.2. The standard InChI is InChI=1S/C27H29F4N5O4/c1-13-22(26(38)36-19-9-16(8-18(19)28)35-21(37)11-39-2)24-25(34-13)23(32-12-33-24)17-7-15(27(29,30)31)5-6-20(17)40-10-14-3-4-14/h5-7,12,14,16,18-19,34H,3-4,8-11H2,1-2H3,(H,35,37)(H,36,38)/t16-,18+,19+/m0/s1. The van der Waals surface area contributed by atoms with Crippen LogP contribution in [0.3, 0.4) is 0 Å². The SMILES string of the molecule is COCC(=O)N[C@H]1C[C@@H](F)[C@H](NC(=O)c2c(C)[nH]c3c(-c4cc(C(F)(F)F)ccc4OCC4CC4)ncnc23)C1. The first-order valence-electron chi connectivity index (χ1n) is 13.0. The van der Waals surface area contributed by atoms with E-state index in [0.29, 0.717) is 18.2 Å². The highest BCUT2D eigenvalue weighted by molar-refractivity contribution is 6.09. The number of H-pyrrole nitrogens is 1. The molecule has 1 aromatic carbocycles. The summed E-state index contributed by atoms with van der Waals surface area (Å²) in [5.74, 6) is -0.366. The quantitative estimate of drug-likeness (QED) is 0.338. The number of methoxy groups -OCH3 is 1. The lowest BCUT2D eigenvalue weighted by Gasteiger charge is -2.16. The van der Waals surface area contributed by atoms with Crippen LogP contribution >= 0.6 is 0 Å². The fourth-order valence-corrected chi connectivity index (χ4v) is 5.01. The molecule has 0 radical (unpaired) electrons. The predicted octanol–water partition coefficient (Wildman–Crippen LogP) is 4.10. The Bertz CT molecular complexity index is 1420. The molecule has 214 valence electrons. The number of ether oxygens (including phenoxy) is 2. The number of halogens is 4. The molecule has 0 unspecified atom stereocenters. The fraction of sp³-hybridized carbons (Fsp3) is 0.481. The molecule has 3 N–H and O–H groups in total. The Morgan fingerprint density at radius 3 is 2.62 bits per heavy atom. The highest BCUT2D eigenvalue weighted by Crippen LogP contribution is 2.40. The van der Waals surface area contributed by atoms with Crippen LogP contribution in [0.1, 0.15) is 47.3 Å². The minimum absolute atomic E-state index is 0.0404. The lowest BCUT2D eigenvalue weighted by atomic mass is 10.0. The van der Waals surface area contributed by atoms with Gasteiger partial charge >= 0.3 is 6.18 Å².